The zero-order valence-corrected chi connectivity index (χ0v) is 12.2. The van der Waals surface area contributed by atoms with E-state index in [1.165, 1.54) is 31.2 Å². The van der Waals surface area contributed by atoms with Crippen molar-refractivity contribution in [1.29, 1.82) is 0 Å². The number of carbonyl (C=O) groups excluding carboxylic acids is 1. The van der Waals surface area contributed by atoms with Gasteiger partial charge in [-0.3, -0.25) is 4.79 Å². The second-order valence-corrected chi connectivity index (χ2v) is 6.09. The Labute approximate surface area is 120 Å². The Kier molecular flexibility index (Phi) is 3.95. The van der Waals surface area contributed by atoms with Gasteiger partial charge in [-0.2, -0.15) is 0 Å². The molecule has 3 heteroatoms. The SMILES string of the molecule is Cc1ccc(OCC(=O)N2CCCC2C2CCC2)cc1. The molecule has 1 atom stereocenters. The molecule has 0 radical (unpaired) electrons. The summed E-state index contributed by atoms with van der Waals surface area (Å²) in [5, 5.41) is 0. The minimum absolute atomic E-state index is 0.153. The zero-order chi connectivity index (χ0) is 13.9. The molecular weight excluding hydrogens is 250 g/mol. The molecule has 2 aliphatic rings. The normalized spacial score (nSPS) is 22.6. The summed E-state index contributed by atoms with van der Waals surface area (Å²) >= 11 is 0. The minimum atomic E-state index is 0.153. The van der Waals surface area contributed by atoms with Crippen LogP contribution in [0.2, 0.25) is 0 Å². The van der Waals surface area contributed by atoms with Crippen LogP contribution in [-0.2, 0) is 4.79 Å². The molecule has 0 bridgehead atoms. The number of likely N-dealkylation sites (tertiary alicyclic amines) is 1. The van der Waals surface area contributed by atoms with Crippen molar-refractivity contribution in [2.75, 3.05) is 13.2 Å². The Balaban J connectivity index is 1.54. The lowest BCUT2D eigenvalue weighted by Crippen LogP contribution is -2.44. The Morgan fingerprint density at radius 3 is 2.60 bits per heavy atom. The van der Waals surface area contributed by atoms with Gasteiger partial charge < -0.3 is 9.64 Å². The molecule has 0 aromatic heterocycles. The summed E-state index contributed by atoms with van der Waals surface area (Å²) in [6.45, 7) is 3.13. The molecule has 0 N–H and O–H groups in total. The fourth-order valence-electron chi connectivity index (χ4n) is 3.28. The fourth-order valence-corrected chi connectivity index (χ4v) is 3.28. The second-order valence-electron chi connectivity index (χ2n) is 6.09. The number of aryl methyl sites for hydroxylation is 1. The molecule has 3 nitrogen and oxygen atoms in total. The van der Waals surface area contributed by atoms with Crippen LogP contribution in [0.15, 0.2) is 24.3 Å². The lowest BCUT2D eigenvalue weighted by atomic mass is 9.79. The first kappa shape index (κ1) is 13.5. The first-order valence-electron chi connectivity index (χ1n) is 7.73. The van der Waals surface area contributed by atoms with Crippen LogP contribution in [0, 0.1) is 12.8 Å². The van der Waals surface area contributed by atoms with Crippen LogP contribution < -0.4 is 4.74 Å². The van der Waals surface area contributed by atoms with Crippen LogP contribution >= 0.6 is 0 Å². The third-order valence-electron chi connectivity index (χ3n) is 4.70. The summed E-state index contributed by atoms with van der Waals surface area (Å²) in [5.41, 5.74) is 1.20. The molecule has 1 saturated heterocycles. The molecule has 2 fully saturated rings. The van der Waals surface area contributed by atoms with Crippen molar-refractivity contribution in [3.8, 4) is 5.75 Å². The van der Waals surface area contributed by atoms with Crippen LogP contribution in [-0.4, -0.2) is 30.0 Å². The van der Waals surface area contributed by atoms with Crippen molar-refractivity contribution in [2.24, 2.45) is 5.92 Å². The molecule has 1 aromatic carbocycles. The summed E-state index contributed by atoms with van der Waals surface area (Å²) in [6.07, 6.45) is 6.27. The maximum atomic E-state index is 12.3. The van der Waals surface area contributed by atoms with Crippen LogP contribution in [0.25, 0.3) is 0 Å². The maximum absolute atomic E-state index is 12.3. The van der Waals surface area contributed by atoms with E-state index < -0.39 is 0 Å². The van der Waals surface area contributed by atoms with E-state index in [4.69, 9.17) is 4.74 Å². The van der Waals surface area contributed by atoms with Crippen LogP contribution in [0.3, 0.4) is 0 Å². The van der Waals surface area contributed by atoms with Gasteiger partial charge in [0.1, 0.15) is 5.75 Å². The summed E-state index contributed by atoms with van der Waals surface area (Å²) in [6, 6.07) is 8.35. The average molecular weight is 273 g/mol. The van der Waals surface area contributed by atoms with Gasteiger partial charge in [-0.15, -0.1) is 0 Å². The average Bonchev–Trinajstić information content (AvgIpc) is 2.85. The Bertz CT molecular complexity index is 464. The van der Waals surface area contributed by atoms with E-state index in [9.17, 15) is 4.79 Å². The fraction of sp³-hybridized carbons (Fsp3) is 0.588. The Morgan fingerprint density at radius 2 is 1.95 bits per heavy atom. The molecule has 20 heavy (non-hydrogen) atoms. The largest absolute Gasteiger partial charge is 0.484 e. The second kappa shape index (κ2) is 5.86. The van der Waals surface area contributed by atoms with Gasteiger partial charge in [0.2, 0.25) is 0 Å². The van der Waals surface area contributed by atoms with Gasteiger partial charge in [-0.1, -0.05) is 24.1 Å². The standard InChI is InChI=1S/C17H23NO2/c1-13-7-9-15(10-8-13)20-12-17(19)18-11-3-6-16(18)14-4-2-5-14/h7-10,14,16H,2-6,11-12H2,1H3. The van der Waals surface area contributed by atoms with Gasteiger partial charge in [0, 0.05) is 12.6 Å². The number of hydrogen-bond donors (Lipinski definition) is 0. The van der Waals surface area contributed by atoms with Gasteiger partial charge >= 0.3 is 0 Å². The summed E-state index contributed by atoms with van der Waals surface area (Å²) in [4.78, 5) is 14.4. The van der Waals surface area contributed by atoms with Crippen LogP contribution in [0.4, 0.5) is 0 Å². The first-order chi connectivity index (χ1) is 9.74. The molecule has 1 amide bonds. The monoisotopic (exact) mass is 273 g/mol. The Hall–Kier alpha value is -1.51. The number of benzene rings is 1. The van der Waals surface area contributed by atoms with Gasteiger partial charge in [0.25, 0.3) is 5.91 Å². The molecule has 1 aromatic rings. The first-order valence-corrected chi connectivity index (χ1v) is 7.73. The molecule has 108 valence electrons. The summed E-state index contributed by atoms with van der Waals surface area (Å²) < 4.78 is 5.62. The molecule has 1 heterocycles. The maximum Gasteiger partial charge on any atom is 0.260 e. The lowest BCUT2D eigenvalue weighted by molar-refractivity contribution is -0.135. The van der Waals surface area contributed by atoms with Crippen molar-refractivity contribution >= 4 is 5.91 Å². The van der Waals surface area contributed by atoms with E-state index >= 15 is 0 Å². The zero-order valence-electron chi connectivity index (χ0n) is 12.2. The minimum Gasteiger partial charge on any atom is -0.484 e. The number of ether oxygens (including phenoxy) is 1. The highest BCUT2D eigenvalue weighted by Crippen LogP contribution is 2.37. The quantitative estimate of drug-likeness (QED) is 0.843. The topological polar surface area (TPSA) is 29.5 Å². The number of rotatable bonds is 4. The third kappa shape index (κ3) is 2.82. The molecule has 1 aliphatic heterocycles. The lowest BCUT2D eigenvalue weighted by Gasteiger charge is -2.37. The smallest absolute Gasteiger partial charge is 0.260 e. The number of hydrogen-bond acceptors (Lipinski definition) is 2. The highest BCUT2D eigenvalue weighted by atomic mass is 16.5. The number of nitrogens with zero attached hydrogens (tertiary/aromatic N) is 1. The van der Waals surface area contributed by atoms with Crippen molar-refractivity contribution < 1.29 is 9.53 Å². The van der Waals surface area contributed by atoms with Gasteiger partial charge in [0.05, 0.1) is 0 Å². The number of amides is 1. The molecule has 1 saturated carbocycles. The molecular formula is C17H23NO2. The molecule has 1 aliphatic carbocycles. The summed E-state index contributed by atoms with van der Waals surface area (Å²) in [5.74, 6) is 1.68. The highest BCUT2D eigenvalue weighted by molar-refractivity contribution is 5.78. The van der Waals surface area contributed by atoms with E-state index in [0.29, 0.717) is 6.04 Å². The third-order valence-corrected chi connectivity index (χ3v) is 4.70. The highest BCUT2D eigenvalue weighted by Gasteiger charge is 2.37. The molecule has 1 unspecified atom stereocenters. The Morgan fingerprint density at radius 1 is 1.20 bits per heavy atom. The van der Waals surface area contributed by atoms with Crippen LogP contribution in [0.5, 0.6) is 5.75 Å². The van der Waals surface area contributed by atoms with Crippen LogP contribution in [0.1, 0.15) is 37.7 Å². The van der Waals surface area contributed by atoms with Crippen molar-refractivity contribution in [3.63, 3.8) is 0 Å². The number of carbonyl (C=O) groups is 1. The van der Waals surface area contributed by atoms with E-state index in [-0.39, 0.29) is 12.5 Å². The van der Waals surface area contributed by atoms with E-state index in [1.54, 1.807) is 0 Å². The summed E-state index contributed by atoms with van der Waals surface area (Å²) in [7, 11) is 0. The molecule has 3 rings (SSSR count). The van der Waals surface area contributed by atoms with E-state index in [1.807, 2.05) is 31.2 Å². The van der Waals surface area contributed by atoms with Gasteiger partial charge in [-0.25, -0.2) is 0 Å². The van der Waals surface area contributed by atoms with Crippen molar-refractivity contribution in [3.05, 3.63) is 29.8 Å². The van der Waals surface area contributed by atoms with Crippen molar-refractivity contribution in [1.82, 2.24) is 4.90 Å². The van der Waals surface area contributed by atoms with E-state index in [0.717, 1.165) is 24.6 Å². The van der Waals surface area contributed by atoms with Crippen molar-refractivity contribution in [2.45, 2.75) is 45.1 Å². The predicted molar refractivity (Wildman–Crippen MR) is 78.8 cm³/mol. The predicted octanol–water partition coefficient (Wildman–Crippen LogP) is 3.16. The van der Waals surface area contributed by atoms with Gasteiger partial charge in [-0.05, 0) is 50.7 Å². The molecule has 0 spiro atoms. The van der Waals surface area contributed by atoms with E-state index in [2.05, 4.69) is 4.90 Å². The van der Waals surface area contributed by atoms with Gasteiger partial charge in [0.15, 0.2) is 6.61 Å².